The van der Waals surface area contributed by atoms with Gasteiger partial charge in [0, 0.05) is 0 Å². The molecule has 0 spiro atoms. The van der Waals surface area contributed by atoms with Crippen LogP contribution in [0.15, 0.2) is 12.2 Å². The third-order valence-corrected chi connectivity index (χ3v) is 0.925. The minimum absolute atomic E-state index is 0.398. The molecule has 3 nitrogen and oxygen atoms in total. The molecule has 0 heterocycles. The Morgan fingerprint density at radius 1 is 1.70 bits per heavy atom. The smallest absolute Gasteiger partial charge is 0.425 e. The number of allylic oxidation sites excluding steroid dienone is 1. The Hall–Kier alpha value is -0.990. The van der Waals surface area contributed by atoms with E-state index < -0.39 is 12.3 Å². The van der Waals surface area contributed by atoms with Crippen molar-refractivity contribution < 1.29 is 14.6 Å². The molecule has 0 aromatic rings. The van der Waals surface area contributed by atoms with Crippen molar-refractivity contribution in [2.24, 2.45) is 0 Å². The van der Waals surface area contributed by atoms with Crippen LogP contribution in [0.3, 0.4) is 0 Å². The Morgan fingerprint density at radius 3 is 2.70 bits per heavy atom. The van der Waals surface area contributed by atoms with Gasteiger partial charge in [-0.2, -0.15) is 9.90 Å². The third kappa shape index (κ3) is 5.15. The van der Waals surface area contributed by atoms with Crippen LogP contribution in [0.25, 0.3) is 0 Å². The van der Waals surface area contributed by atoms with Gasteiger partial charge in [0.05, 0.1) is 0 Å². The van der Waals surface area contributed by atoms with Crippen LogP contribution < -0.4 is 0 Å². The molecule has 0 aliphatic rings. The van der Waals surface area contributed by atoms with Gasteiger partial charge in [-0.25, -0.2) is 0 Å². The first kappa shape index (κ1) is 9.01. The molecule has 0 saturated carbocycles. The van der Waals surface area contributed by atoms with E-state index in [0.717, 1.165) is 6.42 Å². The van der Waals surface area contributed by atoms with Crippen LogP contribution in [0.2, 0.25) is 0 Å². The van der Waals surface area contributed by atoms with Crippen LogP contribution in [0.5, 0.6) is 0 Å². The lowest BCUT2D eigenvalue weighted by atomic mass is 10.3. The van der Waals surface area contributed by atoms with Gasteiger partial charge in [0.1, 0.15) is 6.10 Å². The van der Waals surface area contributed by atoms with E-state index in [1.165, 1.54) is 0 Å². The van der Waals surface area contributed by atoms with Crippen molar-refractivity contribution in [3.05, 3.63) is 12.2 Å². The van der Waals surface area contributed by atoms with E-state index in [-0.39, 0.29) is 0 Å². The lowest BCUT2D eigenvalue weighted by Crippen LogP contribution is -2.08. The Kier molecular flexibility index (Phi) is 4.37. The van der Waals surface area contributed by atoms with Crippen molar-refractivity contribution in [3.63, 3.8) is 0 Å². The lowest BCUT2D eigenvalue weighted by Gasteiger charge is -2.01. The standard InChI is InChI=1S/C7H11O3/c1-3-4-5-6(2)10-7(8)9/h4-6H,3H2,1-2H3/b5-4+. The number of hydrogen-bond acceptors (Lipinski definition) is 2. The highest BCUT2D eigenvalue weighted by Gasteiger charge is 2.03. The van der Waals surface area contributed by atoms with Crippen molar-refractivity contribution in [1.29, 1.82) is 0 Å². The van der Waals surface area contributed by atoms with Gasteiger partial charge in [-0.05, 0) is 19.4 Å². The average Bonchev–Trinajstić information content (AvgIpc) is 1.82. The second-order valence-electron chi connectivity index (χ2n) is 1.91. The van der Waals surface area contributed by atoms with Crippen molar-refractivity contribution in [2.75, 3.05) is 0 Å². The van der Waals surface area contributed by atoms with E-state index in [2.05, 4.69) is 4.74 Å². The fraction of sp³-hybridized carbons (Fsp3) is 0.571. The van der Waals surface area contributed by atoms with Crippen molar-refractivity contribution in [3.8, 4) is 0 Å². The Labute approximate surface area is 60.3 Å². The summed E-state index contributed by atoms with van der Waals surface area (Å²) in [5, 5.41) is 9.81. The second kappa shape index (κ2) is 4.85. The van der Waals surface area contributed by atoms with Crippen LogP contribution in [-0.4, -0.2) is 12.3 Å². The summed E-state index contributed by atoms with van der Waals surface area (Å²) in [5.41, 5.74) is 0. The van der Waals surface area contributed by atoms with Crippen LogP contribution >= 0.6 is 0 Å². The van der Waals surface area contributed by atoms with Gasteiger partial charge >= 0.3 is 6.16 Å². The number of carbonyl (C=O) groups excluding carboxylic acids is 1. The molecule has 1 atom stereocenters. The number of ether oxygens (including phenoxy) is 1. The molecule has 0 rings (SSSR count). The predicted molar refractivity (Wildman–Crippen MR) is 36.1 cm³/mol. The van der Waals surface area contributed by atoms with E-state index >= 15 is 0 Å². The molecule has 0 N–H and O–H groups in total. The van der Waals surface area contributed by atoms with E-state index in [0.29, 0.717) is 0 Å². The Bertz CT molecular complexity index is 129. The fourth-order valence-electron chi connectivity index (χ4n) is 0.519. The topological polar surface area (TPSA) is 46.2 Å². The van der Waals surface area contributed by atoms with Gasteiger partial charge in [-0.1, -0.05) is 13.0 Å². The highest BCUT2D eigenvalue weighted by molar-refractivity contribution is 5.56. The van der Waals surface area contributed by atoms with Crippen molar-refractivity contribution in [1.82, 2.24) is 0 Å². The molecule has 0 aromatic carbocycles. The van der Waals surface area contributed by atoms with E-state index in [9.17, 15) is 9.90 Å². The lowest BCUT2D eigenvalue weighted by molar-refractivity contribution is 0.0529. The monoisotopic (exact) mass is 143 g/mol. The van der Waals surface area contributed by atoms with Crippen molar-refractivity contribution in [2.45, 2.75) is 26.4 Å². The molecule has 0 amide bonds. The quantitative estimate of drug-likeness (QED) is 0.447. The second-order valence-corrected chi connectivity index (χ2v) is 1.91. The molecule has 1 unspecified atom stereocenters. The normalized spacial score (nSPS) is 13.4. The molecule has 0 fully saturated rings. The Balaban J connectivity index is 3.52. The van der Waals surface area contributed by atoms with E-state index in [4.69, 9.17) is 0 Å². The SMILES string of the molecule is CC/C=C/C(C)OC([O])=O. The summed E-state index contributed by atoms with van der Waals surface area (Å²) >= 11 is 0. The summed E-state index contributed by atoms with van der Waals surface area (Å²) in [6.45, 7) is 3.60. The first-order valence-corrected chi connectivity index (χ1v) is 3.21. The molecule has 0 aliphatic heterocycles. The molecule has 0 aromatic heterocycles. The van der Waals surface area contributed by atoms with Crippen LogP contribution in [0, 0.1) is 0 Å². The first-order valence-electron chi connectivity index (χ1n) is 3.21. The van der Waals surface area contributed by atoms with Gasteiger partial charge in [0.2, 0.25) is 0 Å². The van der Waals surface area contributed by atoms with Gasteiger partial charge in [0.15, 0.2) is 0 Å². The molecule has 0 bridgehead atoms. The highest BCUT2D eigenvalue weighted by atomic mass is 16.7. The predicted octanol–water partition coefficient (Wildman–Crippen LogP) is 1.91. The van der Waals surface area contributed by atoms with Crippen LogP contribution in [-0.2, 0) is 9.84 Å². The first-order chi connectivity index (χ1) is 4.66. The molecule has 3 heteroatoms. The highest BCUT2D eigenvalue weighted by Crippen LogP contribution is 1.94. The Morgan fingerprint density at radius 2 is 2.30 bits per heavy atom. The zero-order valence-corrected chi connectivity index (χ0v) is 6.16. The molecular weight excluding hydrogens is 132 g/mol. The summed E-state index contributed by atoms with van der Waals surface area (Å²) in [4.78, 5) is 9.81. The maximum Gasteiger partial charge on any atom is 0.550 e. The summed E-state index contributed by atoms with van der Waals surface area (Å²) in [7, 11) is 0. The molecular formula is C7H11O3. The van der Waals surface area contributed by atoms with E-state index in [1.807, 2.05) is 13.0 Å². The maximum atomic E-state index is 9.81. The zero-order chi connectivity index (χ0) is 7.98. The molecule has 0 saturated heterocycles. The van der Waals surface area contributed by atoms with Crippen LogP contribution in [0.1, 0.15) is 20.3 Å². The van der Waals surface area contributed by atoms with Gasteiger partial charge < -0.3 is 4.74 Å². The zero-order valence-electron chi connectivity index (χ0n) is 6.16. The number of hydrogen-bond donors (Lipinski definition) is 0. The van der Waals surface area contributed by atoms with Gasteiger partial charge in [-0.15, -0.1) is 0 Å². The van der Waals surface area contributed by atoms with E-state index in [1.54, 1.807) is 13.0 Å². The summed E-state index contributed by atoms with van der Waals surface area (Å²) in [5.74, 6) is 0. The summed E-state index contributed by atoms with van der Waals surface area (Å²) < 4.78 is 4.27. The minimum Gasteiger partial charge on any atom is -0.425 e. The van der Waals surface area contributed by atoms with Gasteiger partial charge in [0.25, 0.3) is 0 Å². The average molecular weight is 143 g/mol. The minimum atomic E-state index is -1.48. The molecule has 57 valence electrons. The molecule has 1 radical (unpaired) electrons. The number of rotatable bonds is 3. The maximum absolute atomic E-state index is 9.81. The van der Waals surface area contributed by atoms with Crippen molar-refractivity contribution >= 4 is 6.16 Å². The van der Waals surface area contributed by atoms with Gasteiger partial charge in [-0.3, -0.25) is 0 Å². The summed E-state index contributed by atoms with van der Waals surface area (Å²) in [6, 6.07) is 0. The number of carbonyl (C=O) groups is 1. The fourth-order valence-corrected chi connectivity index (χ4v) is 0.519. The summed E-state index contributed by atoms with van der Waals surface area (Å²) in [6.07, 6.45) is 2.52. The molecule has 10 heavy (non-hydrogen) atoms. The largest absolute Gasteiger partial charge is 0.550 e. The van der Waals surface area contributed by atoms with Crippen LogP contribution in [0.4, 0.5) is 4.79 Å². The third-order valence-electron chi connectivity index (χ3n) is 0.925. The molecule has 0 aliphatic carbocycles.